The van der Waals surface area contributed by atoms with Crippen molar-refractivity contribution in [2.24, 2.45) is 0 Å². The predicted octanol–water partition coefficient (Wildman–Crippen LogP) is 6.40. The standard InChI is InChI=1S/C24H28Si2/c1-25(2)18-17-23(26(3,4)20-13-6-5-7-14-20)24(25)22-16-10-12-19-11-8-9-15-21(19)22/h5-16H,17-18H2,1-4H3. The van der Waals surface area contributed by atoms with Gasteiger partial charge in [0, 0.05) is 0 Å². The van der Waals surface area contributed by atoms with Gasteiger partial charge in [0.25, 0.3) is 0 Å². The third-order valence-electron chi connectivity index (χ3n) is 6.29. The normalized spacial score (nSPS) is 17.1. The molecule has 0 radical (unpaired) electrons. The number of hydrogen-bond donors (Lipinski definition) is 0. The van der Waals surface area contributed by atoms with Crippen LogP contribution in [0, 0.1) is 0 Å². The molecule has 0 aromatic heterocycles. The first-order valence-corrected chi connectivity index (χ1v) is 15.9. The Morgan fingerprint density at radius 3 is 2.19 bits per heavy atom. The van der Waals surface area contributed by atoms with E-state index in [0.29, 0.717) is 0 Å². The molecule has 0 saturated heterocycles. The van der Waals surface area contributed by atoms with E-state index >= 15 is 0 Å². The smallest absolute Gasteiger partial charge is 0.0764 e. The van der Waals surface area contributed by atoms with Gasteiger partial charge in [0.05, 0.1) is 8.07 Å². The number of rotatable bonds is 3. The van der Waals surface area contributed by atoms with E-state index in [1.807, 2.05) is 0 Å². The van der Waals surface area contributed by atoms with Gasteiger partial charge < -0.3 is 0 Å². The first-order valence-electron chi connectivity index (χ1n) is 9.69. The molecule has 132 valence electrons. The predicted molar refractivity (Wildman–Crippen MR) is 121 cm³/mol. The molecular weight excluding hydrogens is 344 g/mol. The maximum absolute atomic E-state index is 2.58. The fourth-order valence-corrected chi connectivity index (χ4v) is 12.8. The van der Waals surface area contributed by atoms with E-state index in [9.17, 15) is 0 Å². The van der Waals surface area contributed by atoms with Crippen LogP contribution in [-0.2, 0) is 0 Å². The third kappa shape index (κ3) is 2.82. The molecule has 0 spiro atoms. The van der Waals surface area contributed by atoms with E-state index in [1.165, 1.54) is 28.8 Å². The Morgan fingerprint density at radius 2 is 1.42 bits per heavy atom. The second kappa shape index (κ2) is 6.36. The van der Waals surface area contributed by atoms with Gasteiger partial charge in [0.15, 0.2) is 0 Å². The fraction of sp³-hybridized carbons (Fsp3) is 0.250. The molecule has 2 heteroatoms. The van der Waals surface area contributed by atoms with Crippen LogP contribution >= 0.6 is 0 Å². The molecule has 0 amide bonds. The van der Waals surface area contributed by atoms with Crippen LogP contribution in [0.15, 0.2) is 78.0 Å². The highest BCUT2D eigenvalue weighted by Crippen LogP contribution is 2.46. The van der Waals surface area contributed by atoms with Gasteiger partial charge in [-0.3, -0.25) is 0 Å². The molecule has 0 aliphatic carbocycles. The average Bonchev–Trinajstić information content (AvgIpc) is 2.97. The Bertz CT molecular complexity index is 976. The van der Waals surface area contributed by atoms with Crippen LogP contribution < -0.4 is 5.19 Å². The van der Waals surface area contributed by atoms with E-state index in [2.05, 4.69) is 99.0 Å². The Morgan fingerprint density at radius 1 is 0.769 bits per heavy atom. The largest absolute Gasteiger partial charge is 0.107 e. The second-order valence-electron chi connectivity index (χ2n) is 8.76. The van der Waals surface area contributed by atoms with Crippen LogP contribution in [0.1, 0.15) is 12.0 Å². The topological polar surface area (TPSA) is 0 Å². The van der Waals surface area contributed by atoms with Gasteiger partial charge in [-0.1, -0.05) is 121 Å². The van der Waals surface area contributed by atoms with Gasteiger partial charge in [0.2, 0.25) is 0 Å². The minimum Gasteiger partial charge on any atom is -0.0764 e. The van der Waals surface area contributed by atoms with Crippen molar-refractivity contribution in [1.29, 1.82) is 0 Å². The maximum Gasteiger partial charge on any atom is 0.107 e. The van der Waals surface area contributed by atoms with Crippen molar-refractivity contribution in [2.75, 3.05) is 0 Å². The summed E-state index contributed by atoms with van der Waals surface area (Å²) in [6, 6.07) is 28.5. The zero-order valence-electron chi connectivity index (χ0n) is 16.3. The van der Waals surface area contributed by atoms with Gasteiger partial charge in [-0.2, -0.15) is 0 Å². The van der Waals surface area contributed by atoms with E-state index in [0.717, 1.165) is 0 Å². The van der Waals surface area contributed by atoms with Crippen LogP contribution in [0.3, 0.4) is 0 Å². The van der Waals surface area contributed by atoms with Gasteiger partial charge in [-0.25, -0.2) is 0 Å². The lowest BCUT2D eigenvalue weighted by Gasteiger charge is -2.29. The molecule has 4 rings (SSSR count). The molecule has 0 atom stereocenters. The Kier molecular flexibility index (Phi) is 4.28. The van der Waals surface area contributed by atoms with Crippen LogP contribution in [0.4, 0.5) is 0 Å². The average molecular weight is 373 g/mol. The molecule has 1 aliphatic heterocycles. The summed E-state index contributed by atoms with van der Waals surface area (Å²) in [4.78, 5) is 0. The second-order valence-corrected chi connectivity index (χ2v) is 18.0. The summed E-state index contributed by atoms with van der Waals surface area (Å²) in [6.07, 6.45) is 1.30. The zero-order chi connectivity index (χ0) is 18.4. The van der Waals surface area contributed by atoms with Gasteiger partial charge in [-0.05, 0) is 22.8 Å². The van der Waals surface area contributed by atoms with E-state index < -0.39 is 16.1 Å². The van der Waals surface area contributed by atoms with Crippen molar-refractivity contribution in [3.8, 4) is 0 Å². The first-order chi connectivity index (χ1) is 12.4. The van der Waals surface area contributed by atoms with Gasteiger partial charge >= 0.3 is 0 Å². The highest BCUT2D eigenvalue weighted by Gasteiger charge is 2.42. The minimum atomic E-state index is -1.65. The summed E-state index contributed by atoms with van der Waals surface area (Å²) >= 11 is 0. The molecule has 3 aromatic rings. The molecule has 0 fully saturated rings. The lowest BCUT2D eigenvalue weighted by atomic mass is 10.0. The van der Waals surface area contributed by atoms with Gasteiger partial charge in [-0.15, -0.1) is 0 Å². The summed E-state index contributed by atoms with van der Waals surface area (Å²) in [6.45, 7) is 10.3. The third-order valence-corrected chi connectivity index (χ3v) is 13.7. The van der Waals surface area contributed by atoms with Crippen LogP contribution in [0.5, 0.6) is 0 Å². The highest BCUT2D eigenvalue weighted by molar-refractivity contribution is 7.04. The minimum absolute atomic E-state index is 1.30. The molecular formula is C24H28Si2. The monoisotopic (exact) mass is 372 g/mol. The molecule has 1 heterocycles. The van der Waals surface area contributed by atoms with Gasteiger partial charge in [0.1, 0.15) is 8.07 Å². The molecule has 0 saturated carbocycles. The molecule has 0 unspecified atom stereocenters. The molecule has 0 N–H and O–H groups in total. The van der Waals surface area contributed by atoms with Crippen LogP contribution in [0.25, 0.3) is 16.0 Å². The lowest BCUT2D eigenvalue weighted by Crippen LogP contribution is -2.44. The summed E-state index contributed by atoms with van der Waals surface area (Å²) in [5.74, 6) is 0. The maximum atomic E-state index is 2.58. The molecule has 3 aromatic carbocycles. The first kappa shape index (κ1) is 17.5. The van der Waals surface area contributed by atoms with Crippen molar-refractivity contribution in [2.45, 2.75) is 38.7 Å². The molecule has 0 nitrogen and oxygen atoms in total. The number of allylic oxidation sites excluding steroid dienone is 1. The lowest BCUT2D eigenvalue weighted by molar-refractivity contribution is 1.17. The summed E-state index contributed by atoms with van der Waals surface area (Å²) < 4.78 is 0. The Labute approximate surface area is 159 Å². The zero-order valence-corrected chi connectivity index (χ0v) is 18.3. The highest BCUT2D eigenvalue weighted by atomic mass is 28.3. The Balaban J connectivity index is 1.99. The fourth-order valence-electron chi connectivity index (χ4n) is 4.72. The number of benzene rings is 3. The number of hydrogen-bond acceptors (Lipinski definition) is 0. The summed E-state index contributed by atoms with van der Waals surface area (Å²) in [7, 11) is -3.07. The van der Waals surface area contributed by atoms with Crippen molar-refractivity contribution in [1.82, 2.24) is 0 Å². The SMILES string of the molecule is C[Si]1(C)CCC([Si](C)(C)c2ccccc2)=C1c1cccc2ccccc12. The quantitative estimate of drug-likeness (QED) is 0.467. The van der Waals surface area contributed by atoms with Crippen molar-refractivity contribution in [3.63, 3.8) is 0 Å². The van der Waals surface area contributed by atoms with E-state index in [-0.39, 0.29) is 0 Å². The molecule has 1 aliphatic rings. The van der Waals surface area contributed by atoms with Crippen molar-refractivity contribution < 1.29 is 0 Å². The van der Waals surface area contributed by atoms with E-state index in [1.54, 1.807) is 15.6 Å². The van der Waals surface area contributed by atoms with Crippen LogP contribution in [-0.4, -0.2) is 16.1 Å². The van der Waals surface area contributed by atoms with Crippen LogP contribution in [0.2, 0.25) is 32.2 Å². The van der Waals surface area contributed by atoms with Crippen molar-refractivity contribution in [3.05, 3.63) is 83.6 Å². The molecule has 26 heavy (non-hydrogen) atoms. The number of fused-ring (bicyclic) bond motifs is 1. The van der Waals surface area contributed by atoms with E-state index in [4.69, 9.17) is 0 Å². The van der Waals surface area contributed by atoms with Crippen molar-refractivity contribution >= 4 is 37.3 Å². The molecule has 0 bridgehead atoms. The summed E-state index contributed by atoms with van der Waals surface area (Å²) in [5.41, 5.74) is 1.52. The Hall–Kier alpha value is -1.91. The summed E-state index contributed by atoms with van der Waals surface area (Å²) in [5, 5.41) is 7.93.